The number of hydrogen-bond acceptors (Lipinski definition) is 5. The van der Waals surface area contributed by atoms with E-state index in [0.717, 1.165) is 83.6 Å². The highest BCUT2D eigenvalue weighted by Crippen LogP contribution is 2.18. The zero-order chi connectivity index (χ0) is 19.1. The van der Waals surface area contributed by atoms with E-state index in [2.05, 4.69) is 27.0 Å². The third kappa shape index (κ3) is 6.07. The van der Waals surface area contributed by atoms with E-state index in [0.29, 0.717) is 5.82 Å². The topological polar surface area (TPSA) is 75.0 Å². The van der Waals surface area contributed by atoms with Crippen molar-refractivity contribution < 1.29 is 4.74 Å². The molecular weight excluding hydrogens is 471 g/mol. The summed E-state index contributed by atoms with van der Waals surface area (Å²) in [6, 6.07) is 0. The van der Waals surface area contributed by atoms with Crippen LogP contribution in [0.15, 0.2) is 22.2 Å². The van der Waals surface area contributed by atoms with Crippen molar-refractivity contribution >= 4 is 35.8 Å². The zero-order valence-corrected chi connectivity index (χ0v) is 19.3. The van der Waals surface area contributed by atoms with E-state index >= 15 is 0 Å². The lowest BCUT2D eigenvalue weighted by Gasteiger charge is -2.36. The largest absolute Gasteiger partial charge is 0.381 e. The Morgan fingerprint density at radius 2 is 2.00 bits per heavy atom. The number of piperazine rings is 1. The number of ether oxygens (including phenoxy) is 1. The van der Waals surface area contributed by atoms with Crippen LogP contribution >= 0.6 is 24.0 Å². The summed E-state index contributed by atoms with van der Waals surface area (Å²) < 4.78 is 7.01. The van der Waals surface area contributed by atoms with Gasteiger partial charge < -0.3 is 24.4 Å². The van der Waals surface area contributed by atoms with Crippen molar-refractivity contribution in [3.05, 3.63) is 22.7 Å². The summed E-state index contributed by atoms with van der Waals surface area (Å²) >= 11 is 0. The van der Waals surface area contributed by atoms with E-state index in [1.54, 1.807) is 24.0 Å². The summed E-state index contributed by atoms with van der Waals surface area (Å²) in [6.45, 7) is 8.82. The van der Waals surface area contributed by atoms with E-state index in [-0.39, 0.29) is 29.5 Å². The molecule has 0 spiro atoms. The lowest BCUT2D eigenvalue weighted by molar-refractivity contribution is 0.0646. The van der Waals surface area contributed by atoms with E-state index in [9.17, 15) is 4.79 Å². The number of anilines is 1. The third-order valence-electron chi connectivity index (χ3n) is 5.35. The van der Waals surface area contributed by atoms with Gasteiger partial charge in [0, 0.05) is 71.9 Å². The van der Waals surface area contributed by atoms with Crippen LogP contribution < -0.4 is 15.8 Å². The summed E-state index contributed by atoms with van der Waals surface area (Å²) in [5.41, 5.74) is -0.0389. The quantitative estimate of drug-likeness (QED) is 0.371. The summed E-state index contributed by atoms with van der Waals surface area (Å²) in [7, 11) is 1.76. The van der Waals surface area contributed by atoms with Gasteiger partial charge in [0.05, 0.1) is 0 Å². The fourth-order valence-corrected chi connectivity index (χ4v) is 3.65. The van der Waals surface area contributed by atoms with Crippen molar-refractivity contribution in [1.82, 2.24) is 19.8 Å². The maximum absolute atomic E-state index is 12.3. The van der Waals surface area contributed by atoms with Gasteiger partial charge in [0.15, 0.2) is 11.8 Å². The Morgan fingerprint density at radius 3 is 2.68 bits per heavy atom. The van der Waals surface area contributed by atoms with Crippen molar-refractivity contribution in [3.8, 4) is 0 Å². The minimum Gasteiger partial charge on any atom is -0.381 e. The first kappa shape index (κ1) is 22.9. The molecule has 0 amide bonds. The van der Waals surface area contributed by atoms with Crippen LogP contribution in [-0.4, -0.2) is 72.9 Å². The van der Waals surface area contributed by atoms with Gasteiger partial charge >= 0.3 is 0 Å². The second-order valence-corrected chi connectivity index (χ2v) is 7.22. The number of nitrogens with one attached hydrogen (secondary N) is 1. The van der Waals surface area contributed by atoms with Gasteiger partial charge in [0.1, 0.15) is 0 Å². The molecule has 8 nitrogen and oxygen atoms in total. The molecule has 2 aliphatic rings. The molecular formula is C19H33IN6O2. The number of aromatic nitrogens is 2. The molecule has 0 atom stereocenters. The average Bonchev–Trinajstić information content (AvgIpc) is 2.70. The Hall–Kier alpha value is -1.36. The van der Waals surface area contributed by atoms with Crippen LogP contribution in [0.25, 0.3) is 0 Å². The SMILES string of the molecule is CCNC(=NCCC1CCOCC1)N1CCN(c2nccn(C)c2=O)CC1.I. The highest BCUT2D eigenvalue weighted by atomic mass is 127. The molecule has 0 bridgehead atoms. The number of guanidine groups is 1. The number of halogens is 1. The van der Waals surface area contributed by atoms with Crippen LogP contribution in [0.2, 0.25) is 0 Å². The van der Waals surface area contributed by atoms with Crippen LogP contribution in [0.5, 0.6) is 0 Å². The second kappa shape index (κ2) is 11.6. The first-order chi connectivity index (χ1) is 13.2. The van der Waals surface area contributed by atoms with E-state index in [1.165, 1.54) is 0 Å². The fraction of sp³-hybridized carbons (Fsp3) is 0.737. The van der Waals surface area contributed by atoms with Gasteiger partial charge in [-0.25, -0.2) is 4.98 Å². The molecule has 3 heterocycles. The lowest BCUT2D eigenvalue weighted by Crippen LogP contribution is -2.53. The number of aryl methyl sites for hydroxylation is 1. The van der Waals surface area contributed by atoms with Gasteiger partial charge in [0.2, 0.25) is 0 Å². The Morgan fingerprint density at radius 1 is 1.29 bits per heavy atom. The van der Waals surface area contributed by atoms with Gasteiger partial charge in [-0.05, 0) is 32.1 Å². The van der Waals surface area contributed by atoms with Gasteiger partial charge in [-0.2, -0.15) is 0 Å². The summed E-state index contributed by atoms with van der Waals surface area (Å²) in [5.74, 6) is 2.27. The highest BCUT2D eigenvalue weighted by Gasteiger charge is 2.22. The summed E-state index contributed by atoms with van der Waals surface area (Å²) in [5, 5.41) is 3.42. The Kier molecular flexibility index (Phi) is 9.49. The van der Waals surface area contributed by atoms with Crippen molar-refractivity contribution in [2.75, 3.05) is 57.4 Å². The predicted molar refractivity (Wildman–Crippen MR) is 123 cm³/mol. The van der Waals surface area contributed by atoms with Crippen LogP contribution in [0.4, 0.5) is 5.82 Å². The van der Waals surface area contributed by atoms with Crippen molar-refractivity contribution in [1.29, 1.82) is 0 Å². The lowest BCUT2D eigenvalue weighted by atomic mass is 9.97. The zero-order valence-electron chi connectivity index (χ0n) is 17.0. The summed E-state index contributed by atoms with van der Waals surface area (Å²) in [4.78, 5) is 25.8. The fourth-order valence-electron chi connectivity index (χ4n) is 3.65. The second-order valence-electron chi connectivity index (χ2n) is 7.22. The molecule has 0 radical (unpaired) electrons. The normalized spacial score (nSPS) is 18.7. The maximum Gasteiger partial charge on any atom is 0.293 e. The van der Waals surface area contributed by atoms with Crippen LogP contribution in [-0.2, 0) is 11.8 Å². The minimum absolute atomic E-state index is 0. The molecule has 1 aromatic rings. The Labute approximate surface area is 184 Å². The molecule has 1 aromatic heterocycles. The smallest absolute Gasteiger partial charge is 0.293 e. The van der Waals surface area contributed by atoms with Crippen LogP contribution in [0.1, 0.15) is 26.2 Å². The van der Waals surface area contributed by atoms with Crippen LogP contribution in [0.3, 0.4) is 0 Å². The molecule has 0 aromatic carbocycles. The first-order valence-corrected chi connectivity index (χ1v) is 10.1. The Bertz CT molecular complexity index is 681. The van der Waals surface area contributed by atoms with Crippen molar-refractivity contribution in [3.63, 3.8) is 0 Å². The molecule has 2 aliphatic heterocycles. The van der Waals surface area contributed by atoms with E-state index in [4.69, 9.17) is 9.73 Å². The van der Waals surface area contributed by atoms with Gasteiger partial charge in [-0.3, -0.25) is 9.79 Å². The molecule has 0 aliphatic carbocycles. The highest BCUT2D eigenvalue weighted by molar-refractivity contribution is 14.0. The molecule has 158 valence electrons. The van der Waals surface area contributed by atoms with Gasteiger partial charge in [-0.1, -0.05) is 0 Å². The van der Waals surface area contributed by atoms with Crippen molar-refractivity contribution in [2.45, 2.75) is 26.2 Å². The van der Waals surface area contributed by atoms with Gasteiger partial charge in [0.25, 0.3) is 5.56 Å². The number of nitrogens with zero attached hydrogens (tertiary/aromatic N) is 5. The van der Waals surface area contributed by atoms with E-state index in [1.807, 2.05) is 0 Å². The number of rotatable bonds is 5. The number of hydrogen-bond donors (Lipinski definition) is 1. The molecule has 3 rings (SSSR count). The van der Waals surface area contributed by atoms with Gasteiger partial charge in [-0.15, -0.1) is 24.0 Å². The van der Waals surface area contributed by atoms with Crippen molar-refractivity contribution in [2.24, 2.45) is 18.0 Å². The van der Waals surface area contributed by atoms with Crippen LogP contribution in [0, 0.1) is 5.92 Å². The molecule has 9 heteroatoms. The summed E-state index contributed by atoms with van der Waals surface area (Å²) in [6.07, 6.45) is 6.82. The third-order valence-corrected chi connectivity index (χ3v) is 5.35. The number of aliphatic imine (C=N–C) groups is 1. The molecule has 0 unspecified atom stereocenters. The monoisotopic (exact) mass is 504 g/mol. The average molecular weight is 504 g/mol. The minimum atomic E-state index is -0.0389. The maximum atomic E-state index is 12.3. The molecule has 2 saturated heterocycles. The Balaban J connectivity index is 0.00000280. The molecule has 1 N–H and O–H groups in total. The first-order valence-electron chi connectivity index (χ1n) is 10.1. The van der Waals surface area contributed by atoms with E-state index < -0.39 is 0 Å². The molecule has 28 heavy (non-hydrogen) atoms. The molecule has 2 fully saturated rings. The standard InChI is InChI=1S/C19H32N6O2.HI/c1-3-20-19(22-7-4-16-5-14-27-15-6-16)25-12-10-24(11-13-25)17-18(26)23(2)9-8-21-17;/h8-9,16H,3-7,10-15H2,1-2H3,(H,20,22);1H. The predicted octanol–water partition coefficient (Wildman–Crippen LogP) is 1.30. The molecule has 0 saturated carbocycles.